The highest BCUT2D eigenvalue weighted by Gasteiger charge is 2.12. The number of aromatic nitrogens is 4. The highest BCUT2D eigenvalue weighted by molar-refractivity contribution is 7.99. The molecule has 3 aromatic rings. The van der Waals surface area contributed by atoms with E-state index < -0.39 is 0 Å². The zero-order chi connectivity index (χ0) is 17.6. The molecule has 0 fully saturated rings. The molecule has 25 heavy (non-hydrogen) atoms. The van der Waals surface area contributed by atoms with E-state index >= 15 is 0 Å². The van der Waals surface area contributed by atoms with Gasteiger partial charge >= 0.3 is 0 Å². The largest absolute Gasteiger partial charge is 0.351 e. The number of hydrogen-bond acceptors (Lipinski definition) is 5. The first-order valence-electron chi connectivity index (χ1n) is 7.57. The van der Waals surface area contributed by atoms with Crippen molar-refractivity contribution in [1.82, 2.24) is 25.1 Å². The zero-order valence-electron chi connectivity index (χ0n) is 13.5. The van der Waals surface area contributed by atoms with Crippen LogP contribution < -0.4 is 5.32 Å². The van der Waals surface area contributed by atoms with Crippen LogP contribution in [0.25, 0.3) is 11.4 Å². The molecule has 0 saturated heterocycles. The maximum Gasteiger partial charge on any atom is 0.230 e. The normalized spacial score (nSPS) is 10.6. The number of pyridine rings is 1. The van der Waals surface area contributed by atoms with Crippen molar-refractivity contribution in [2.45, 2.75) is 11.7 Å². The highest BCUT2D eigenvalue weighted by atomic mass is 35.5. The van der Waals surface area contributed by atoms with E-state index in [4.69, 9.17) is 11.6 Å². The maximum absolute atomic E-state index is 12.0. The van der Waals surface area contributed by atoms with Crippen molar-refractivity contribution in [1.29, 1.82) is 0 Å². The molecule has 1 aromatic carbocycles. The van der Waals surface area contributed by atoms with Gasteiger partial charge < -0.3 is 9.88 Å². The number of carbonyl (C=O) groups excluding carboxylic acids is 1. The van der Waals surface area contributed by atoms with Gasteiger partial charge in [-0.05, 0) is 29.8 Å². The van der Waals surface area contributed by atoms with E-state index in [1.165, 1.54) is 11.8 Å². The fourth-order valence-electron chi connectivity index (χ4n) is 2.18. The maximum atomic E-state index is 12.0. The Hall–Kier alpha value is -2.38. The van der Waals surface area contributed by atoms with Crippen molar-refractivity contribution in [2.24, 2.45) is 7.05 Å². The van der Waals surface area contributed by atoms with Crippen LogP contribution in [0.4, 0.5) is 0 Å². The predicted molar refractivity (Wildman–Crippen MR) is 98.3 cm³/mol. The number of amides is 1. The average molecular weight is 374 g/mol. The minimum atomic E-state index is -0.0617. The van der Waals surface area contributed by atoms with Crippen LogP contribution in [0, 0.1) is 0 Å². The topological polar surface area (TPSA) is 72.7 Å². The lowest BCUT2D eigenvalue weighted by molar-refractivity contribution is -0.118. The molecule has 2 heterocycles. The van der Waals surface area contributed by atoms with Crippen LogP contribution >= 0.6 is 23.4 Å². The van der Waals surface area contributed by atoms with Crippen molar-refractivity contribution in [2.75, 3.05) is 5.75 Å². The molecule has 2 aromatic heterocycles. The van der Waals surface area contributed by atoms with E-state index in [2.05, 4.69) is 20.5 Å². The standard InChI is InChI=1S/C17H16ClN5OS/c1-23-16(13-6-8-19-9-7-13)21-22-17(23)25-11-15(24)20-10-12-2-4-14(18)5-3-12/h2-9H,10-11H2,1H3,(H,20,24). The third-order valence-corrected chi connectivity index (χ3v) is 4.78. The number of thioether (sulfide) groups is 1. The highest BCUT2D eigenvalue weighted by Crippen LogP contribution is 2.21. The van der Waals surface area contributed by atoms with E-state index in [1.54, 1.807) is 24.5 Å². The molecule has 8 heteroatoms. The van der Waals surface area contributed by atoms with Gasteiger partial charge in [0.1, 0.15) is 0 Å². The summed E-state index contributed by atoms with van der Waals surface area (Å²) in [6.07, 6.45) is 3.42. The first-order chi connectivity index (χ1) is 12.1. The Morgan fingerprint density at radius 1 is 1.16 bits per heavy atom. The molecule has 0 spiro atoms. The Morgan fingerprint density at radius 2 is 1.88 bits per heavy atom. The number of carbonyl (C=O) groups is 1. The Labute approximate surface area is 154 Å². The fraction of sp³-hybridized carbons (Fsp3) is 0.176. The number of halogens is 1. The monoisotopic (exact) mass is 373 g/mol. The molecule has 1 N–H and O–H groups in total. The van der Waals surface area contributed by atoms with Gasteiger partial charge in [-0.25, -0.2) is 0 Å². The summed E-state index contributed by atoms with van der Waals surface area (Å²) in [4.78, 5) is 16.0. The van der Waals surface area contributed by atoms with Crippen LogP contribution in [0.2, 0.25) is 5.02 Å². The van der Waals surface area contributed by atoms with Crippen LogP contribution in [0.1, 0.15) is 5.56 Å². The van der Waals surface area contributed by atoms with Gasteiger partial charge in [0.25, 0.3) is 0 Å². The molecular weight excluding hydrogens is 358 g/mol. The molecule has 0 saturated carbocycles. The second-order valence-electron chi connectivity index (χ2n) is 5.29. The van der Waals surface area contributed by atoms with Gasteiger partial charge in [-0.15, -0.1) is 10.2 Å². The lowest BCUT2D eigenvalue weighted by Gasteiger charge is -2.06. The number of hydrogen-bond donors (Lipinski definition) is 1. The second-order valence-corrected chi connectivity index (χ2v) is 6.67. The van der Waals surface area contributed by atoms with Gasteiger partial charge in [-0.2, -0.15) is 0 Å². The third kappa shape index (κ3) is 4.58. The molecule has 3 rings (SSSR count). The lowest BCUT2D eigenvalue weighted by Crippen LogP contribution is -2.24. The third-order valence-electron chi connectivity index (χ3n) is 3.51. The first-order valence-corrected chi connectivity index (χ1v) is 8.93. The summed E-state index contributed by atoms with van der Waals surface area (Å²) in [5.74, 6) is 0.954. The summed E-state index contributed by atoms with van der Waals surface area (Å²) in [6.45, 7) is 0.470. The fourth-order valence-corrected chi connectivity index (χ4v) is 3.04. The van der Waals surface area contributed by atoms with Crippen molar-refractivity contribution < 1.29 is 4.79 Å². The summed E-state index contributed by atoms with van der Waals surface area (Å²) in [6, 6.07) is 11.1. The molecular formula is C17H16ClN5OS. The van der Waals surface area contributed by atoms with E-state index in [0.29, 0.717) is 16.7 Å². The molecule has 1 amide bonds. The molecule has 128 valence electrons. The Kier molecular flexibility index (Phi) is 5.67. The van der Waals surface area contributed by atoms with E-state index in [-0.39, 0.29) is 11.7 Å². The first kappa shape index (κ1) is 17.4. The SMILES string of the molecule is Cn1c(SCC(=O)NCc2ccc(Cl)cc2)nnc1-c1ccncc1. The molecule has 0 aliphatic rings. The molecule has 0 atom stereocenters. The minimum Gasteiger partial charge on any atom is -0.351 e. The summed E-state index contributed by atoms with van der Waals surface area (Å²) in [5.41, 5.74) is 1.94. The molecule has 0 bridgehead atoms. The van der Waals surface area contributed by atoms with Crippen LogP contribution in [-0.2, 0) is 18.4 Å². The quantitative estimate of drug-likeness (QED) is 0.672. The summed E-state index contributed by atoms with van der Waals surface area (Å²) >= 11 is 7.19. The van der Waals surface area contributed by atoms with Crippen LogP contribution in [0.15, 0.2) is 53.9 Å². The Bertz CT molecular complexity index is 851. The molecule has 0 radical (unpaired) electrons. The zero-order valence-corrected chi connectivity index (χ0v) is 15.1. The lowest BCUT2D eigenvalue weighted by atomic mass is 10.2. The number of rotatable bonds is 6. The molecule has 0 unspecified atom stereocenters. The van der Waals surface area contributed by atoms with Crippen molar-refractivity contribution >= 4 is 29.3 Å². The number of benzene rings is 1. The van der Waals surface area contributed by atoms with E-state index in [9.17, 15) is 4.79 Å². The van der Waals surface area contributed by atoms with Crippen molar-refractivity contribution in [3.05, 3.63) is 59.4 Å². The second kappa shape index (κ2) is 8.13. The Morgan fingerprint density at radius 3 is 2.60 bits per heavy atom. The van der Waals surface area contributed by atoms with Gasteiger partial charge in [0, 0.05) is 36.6 Å². The average Bonchev–Trinajstić information content (AvgIpc) is 3.01. The van der Waals surface area contributed by atoms with Gasteiger partial charge in [0.05, 0.1) is 5.75 Å². The molecule has 6 nitrogen and oxygen atoms in total. The van der Waals surface area contributed by atoms with Crippen LogP contribution in [0.3, 0.4) is 0 Å². The minimum absolute atomic E-state index is 0.0617. The number of nitrogens with zero attached hydrogens (tertiary/aromatic N) is 4. The van der Waals surface area contributed by atoms with E-state index in [1.807, 2.05) is 35.9 Å². The van der Waals surface area contributed by atoms with Crippen molar-refractivity contribution in [3.8, 4) is 11.4 Å². The van der Waals surface area contributed by atoms with Crippen LogP contribution in [-0.4, -0.2) is 31.4 Å². The van der Waals surface area contributed by atoms with Gasteiger partial charge in [-0.1, -0.05) is 35.5 Å². The van der Waals surface area contributed by atoms with Gasteiger partial charge in [0.15, 0.2) is 11.0 Å². The number of nitrogens with one attached hydrogen (secondary N) is 1. The van der Waals surface area contributed by atoms with Gasteiger partial charge in [0.2, 0.25) is 5.91 Å². The predicted octanol–water partition coefficient (Wildman–Crippen LogP) is 2.94. The van der Waals surface area contributed by atoms with Crippen molar-refractivity contribution in [3.63, 3.8) is 0 Å². The van der Waals surface area contributed by atoms with E-state index in [0.717, 1.165) is 17.0 Å². The van der Waals surface area contributed by atoms with Gasteiger partial charge in [-0.3, -0.25) is 9.78 Å². The molecule has 0 aliphatic carbocycles. The summed E-state index contributed by atoms with van der Waals surface area (Å²) < 4.78 is 1.87. The van der Waals surface area contributed by atoms with Crippen LogP contribution in [0.5, 0.6) is 0 Å². The molecule has 0 aliphatic heterocycles. The smallest absolute Gasteiger partial charge is 0.230 e. The Balaban J connectivity index is 1.54. The summed E-state index contributed by atoms with van der Waals surface area (Å²) in [7, 11) is 1.88. The summed E-state index contributed by atoms with van der Waals surface area (Å²) in [5, 5.41) is 12.6.